The Morgan fingerprint density at radius 3 is 3.00 bits per heavy atom. The van der Waals surface area contributed by atoms with Gasteiger partial charge in [0.1, 0.15) is 5.75 Å². The van der Waals surface area contributed by atoms with E-state index in [0.717, 1.165) is 24.0 Å². The Kier molecular flexibility index (Phi) is 1.71. The zero-order valence-corrected chi connectivity index (χ0v) is 7.12. The van der Waals surface area contributed by atoms with Crippen molar-refractivity contribution in [1.29, 1.82) is 5.26 Å². The summed E-state index contributed by atoms with van der Waals surface area (Å²) < 4.78 is 0. The molecule has 3 heteroatoms. The molecule has 0 bridgehead atoms. The number of hydrogen-bond acceptors (Lipinski definition) is 3. The number of phenolic OH excluding ortho intramolecular Hbond substituents is 1. The van der Waals surface area contributed by atoms with Crippen LogP contribution < -0.4 is 5.73 Å². The molecule has 1 aliphatic carbocycles. The van der Waals surface area contributed by atoms with Crippen LogP contribution >= 0.6 is 0 Å². The summed E-state index contributed by atoms with van der Waals surface area (Å²) in [6.07, 6.45) is 1.60. The monoisotopic (exact) mass is 174 g/mol. The summed E-state index contributed by atoms with van der Waals surface area (Å²) in [6.45, 7) is 0. The van der Waals surface area contributed by atoms with E-state index in [9.17, 15) is 5.11 Å². The van der Waals surface area contributed by atoms with E-state index in [0.29, 0.717) is 5.56 Å². The van der Waals surface area contributed by atoms with Gasteiger partial charge < -0.3 is 10.8 Å². The van der Waals surface area contributed by atoms with Gasteiger partial charge in [-0.15, -0.1) is 0 Å². The van der Waals surface area contributed by atoms with Crippen LogP contribution in [0.15, 0.2) is 12.1 Å². The number of fused-ring (bicyclic) bond motifs is 1. The molecule has 0 saturated carbocycles. The van der Waals surface area contributed by atoms with E-state index in [1.54, 1.807) is 12.1 Å². The fourth-order valence-electron chi connectivity index (χ4n) is 1.88. The Hall–Kier alpha value is -1.53. The van der Waals surface area contributed by atoms with Gasteiger partial charge in [0.05, 0.1) is 11.6 Å². The van der Waals surface area contributed by atoms with Crippen molar-refractivity contribution in [3.05, 3.63) is 28.8 Å². The van der Waals surface area contributed by atoms with Crippen LogP contribution in [0, 0.1) is 11.3 Å². The molecule has 0 radical (unpaired) electrons. The van der Waals surface area contributed by atoms with Gasteiger partial charge in [0, 0.05) is 11.6 Å². The van der Waals surface area contributed by atoms with Crippen LogP contribution in [-0.4, -0.2) is 5.11 Å². The van der Waals surface area contributed by atoms with Crippen molar-refractivity contribution in [3.63, 3.8) is 0 Å². The first kappa shape index (κ1) is 8.09. The van der Waals surface area contributed by atoms with Crippen LogP contribution in [0.4, 0.5) is 0 Å². The number of hydrogen-bond donors (Lipinski definition) is 2. The maximum Gasteiger partial charge on any atom is 0.119 e. The summed E-state index contributed by atoms with van der Waals surface area (Å²) >= 11 is 0. The molecule has 1 aliphatic rings. The number of nitrogens with two attached hydrogens (primary N) is 1. The second-order valence-electron chi connectivity index (χ2n) is 3.28. The summed E-state index contributed by atoms with van der Waals surface area (Å²) in [5.74, 6) is 0.266. The molecule has 1 aromatic carbocycles. The Labute approximate surface area is 76.4 Å². The van der Waals surface area contributed by atoms with Gasteiger partial charge >= 0.3 is 0 Å². The maximum atomic E-state index is 9.50. The molecule has 1 atom stereocenters. The summed E-state index contributed by atoms with van der Waals surface area (Å²) in [6, 6.07) is 5.20. The molecule has 0 aromatic heterocycles. The van der Waals surface area contributed by atoms with E-state index in [1.165, 1.54) is 0 Å². The second kappa shape index (κ2) is 2.75. The van der Waals surface area contributed by atoms with Gasteiger partial charge in [-0.05, 0) is 30.5 Å². The van der Waals surface area contributed by atoms with Crippen LogP contribution in [-0.2, 0) is 6.42 Å². The van der Waals surface area contributed by atoms with E-state index in [1.807, 2.05) is 0 Å². The molecule has 0 saturated heterocycles. The molecule has 2 rings (SSSR count). The van der Waals surface area contributed by atoms with Gasteiger partial charge in [-0.25, -0.2) is 0 Å². The van der Waals surface area contributed by atoms with E-state index in [-0.39, 0.29) is 11.8 Å². The van der Waals surface area contributed by atoms with Gasteiger partial charge in [0.2, 0.25) is 0 Å². The standard InChI is InChI=1S/C10H10N2O/c11-5-6-1-4-9(13)7-2-3-8(12)10(6)7/h1,4,8,13H,2-3,12H2/t8-/m0/s1. The van der Waals surface area contributed by atoms with Crippen LogP contribution in [0.25, 0.3) is 0 Å². The van der Waals surface area contributed by atoms with E-state index in [2.05, 4.69) is 6.07 Å². The third-order valence-corrected chi connectivity index (χ3v) is 2.53. The Bertz CT molecular complexity index is 393. The lowest BCUT2D eigenvalue weighted by molar-refractivity contribution is 0.469. The van der Waals surface area contributed by atoms with Gasteiger partial charge in [0.25, 0.3) is 0 Å². The summed E-state index contributed by atoms with van der Waals surface area (Å²) in [5, 5.41) is 18.3. The van der Waals surface area contributed by atoms with E-state index >= 15 is 0 Å². The normalized spacial score (nSPS) is 19.5. The maximum absolute atomic E-state index is 9.50. The molecule has 3 nitrogen and oxygen atoms in total. The van der Waals surface area contributed by atoms with Crippen molar-refractivity contribution >= 4 is 0 Å². The van der Waals surface area contributed by atoms with Crippen LogP contribution in [0.3, 0.4) is 0 Å². The first-order chi connectivity index (χ1) is 6.24. The minimum Gasteiger partial charge on any atom is -0.508 e. The first-order valence-corrected chi connectivity index (χ1v) is 4.24. The van der Waals surface area contributed by atoms with Gasteiger partial charge in [0.15, 0.2) is 0 Å². The summed E-state index contributed by atoms with van der Waals surface area (Å²) in [7, 11) is 0. The van der Waals surface area contributed by atoms with Crippen molar-refractivity contribution in [3.8, 4) is 11.8 Å². The average molecular weight is 174 g/mol. The molecular weight excluding hydrogens is 164 g/mol. The molecule has 66 valence electrons. The van der Waals surface area contributed by atoms with Crippen molar-refractivity contribution in [1.82, 2.24) is 0 Å². The van der Waals surface area contributed by atoms with Gasteiger partial charge in [-0.1, -0.05) is 0 Å². The highest BCUT2D eigenvalue weighted by molar-refractivity contribution is 5.53. The predicted octanol–water partition coefficient (Wildman–Crippen LogP) is 1.21. The third-order valence-electron chi connectivity index (χ3n) is 2.53. The van der Waals surface area contributed by atoms with Crippen LogP contribution in [0.5, 0.6) is 5.75 Å². The topological polar surface area (TPSA) is 70.0 Å². The SMILES string of the molecule is N#Cc1ccc(O)c2c1[C@@H](N)CC2. The molecule has 0 fully saturated rings. The number of rotatable bonds is 0. The lowest BCUT2D eigenvalue weighted by Gasteiger charge is -2.07. The fourth-order valence-corrected chi connectivity index (χ4v) is 1.88. The molecule has 0 unspecified atom stereocenters. The van der Waals surface area contributed by atoms with Gasteiger partial charge in [-0.3, -0.25) is 0 Å². The highest BCUT2D eigenvalue weighted by Crippen LogP contribution is 2.37. The molecule has 3 N–H and O–H groups in total. The molecule has 0 amide bonds. The average Bonchev–Trinajstić information content (AvgIpc) is 2.51. The third kappa shape index (κ3) is 1.07. The lowest BCUT2D eigenvalue weighted by Crippen LogP contribution is -2.07. The first-order valence-electron chi connectivity index (χ1n) is 4.24. The van der Waals surface area contributed by atoms with Crippen LogP contribution in [0.1, 0.15) is 29.2 Å². The molecular formula is C10H10N2O. The number of benzene rings is 1. The Morgan fingerprint density at radius 1 is 1.54 bits per heavy atom. The number of nitriles is 1. The zero-order valence-electron chi connectivity index (χ0n) is 7.12. The van der Waals surface area contributed by atoms with Crippen molar-refractivity contribution in [2.45, 2.75) is 18.9 Å². The minimum atomic E-state index is -0.0863. The van der Waals surface area contributed by atoms with E-state index < -0.39 is 0 Å². The largest absolute Gasteiger partial charge is 0.508 e. The summed E-state index contributed by atoms with van der Waals surface area (Å²) in [4.78, 5) is 0. The molecule has 0 spiro atoms. The Morgan fingerprint density at radius 2 is 2.31 bits per heavy atom. The number of nitrogens with zero attached hydrogens (tertiary/aromatic N) is 1. The quantitative estimate of drug-likeness (QED) is 0.621. The van der Waals surface area contributed by atoms with E-state index in [4.69, 9.17) is 11.0 Å². The minimum absolute atomic E-state index is 0.0863. The smallest absolute Gasteiger partial charge is 0.119 e. The lowest BCUT2D eigenvalue weighted by atomic mass is 10.0. The number of phenols is 1. The summed E-state index contributed by atoms with van der Waals surface area (Å²) in [5.41, 5.74) is 8.11. The molecule has 1 aromatic rings. The van der Waals surface area contributed by atoms with Crippen molar-refractivity contribution in [2.75, 3.05) is 0 Å². The van der Waals surface area contributed by atoms with Crippen molar-refractivity contribution in [2.24, 2.45) is 5.73 Å². The number of aromatic hydroxyl groups is 1. The Balaban J connectivity index is 2.68. The highest BCUT2D eigenvalue weighted by atomic mass is 16.3. The molecule has 13 heavy (non-hydrogen) atoms. The molecule has 0 aliphatic heterocycles. The zero-order chi connectivity index (χ0) is 9.42. The van der Waals surface area contributed by atoms with Crippen molar-refractivity contribution < 1.29 is 5.11 Å². The highest BCUT2D eigenvalue weighted by Gasteiger charge is 2.24. The second-order valence-corrected chi connectivity index (χ2v) is 3.28. The van der Waals surface area contributed by atoms with Gasteiger partial charge in [-0.2, -0.15) is 5.26 Å². The fraction of sp³-hybridized carbons (Fsp3) is 0.300. The molecule has 0 heterocycles. The van der Waals surface area contributed by atoms with Crippen LogP contribution in [0.2, 0.25) is 0 Å². The predicted molar refractivity (Wildman–Crippen MR) is 48.1 cm³/mol.